The van der Waals surface area contributed by atoms with Crippen LogP contribution in [-0.2, 0) is 11.4 Å². The Balaban J connectivity index is 2.40. The van der Waals surface area contributed by atoms with E-state index in [2.05, 4.69) is 5.16 Å². The van der Waals surface area contributed by atoms with E-state index in [0.29, 0.717) is 6.61 Å². The first-order chi connectivity index (χ1) is 6.86. The van der Waals surface area contributed by atoms with Crippen molar-refractivity contribution in [1.82, 2.24) is 0 Å². The van der Waals surface area contributed by atoms with E-state index in [1.165, 1.54) is 0 Å². The molecule has 0 saturated carbocycles. The Morgan fingerprint density at radius 2 is 2.00 bits per heavy atom. The number of methoxy groups -OCH3 is 1. The van der Waals surface area contributed by atoms with Gasteiger partial charge in [0.1, 0.15) is 12.4 Å². The first-order valence-corrected chi connectivity index (χ1v) is 4.63. The molecule has 76 valence electrons. The van der Waals surface area contributed by atoms with Crippen molar-refractivity contribution in [2.45, 2.75) is 20.0 Å². The highest BCUT2D eigenvalue weighted by atomic mass is 16.6. The molecule has 0 aliphatic rings. The van der Waals surface area contributed by atoms with Crippen molar-refractivity contribution in [3.8, 4) is 5.75 Å². The molecule has 0 spiro atoms. The molecule has 0 atom stereocenters. The van der Waals surface area contributed by atoms with Crippen molar-refractivity contribution in [2.24, 2.45) is 5.16 Å². The standard InChI is InChI=1S/C11H15NO2/c1-3-8-12-14-9-10-4-6-11(13-2)7-5-10/h4-8H,3,9H2,1-2H3. The van der Waals surface area contributed by atoms with Crippen molar-refractivity contribution in [1.29, 1.82) is 0 Å². The number of rotatable bonds is 5. The van der Waals surface area contributed by atoms with E-state index in [1.807, 2.05) is 31.2 Å². The second kappa shape index (κ2) is 6.02. The van der Waals surface area contributed by atoms with E-state index in [-0.39, 0.29) is 0 Å². The normalized spacial score (nSPS) is 10.4. The summed E-state index contributed by atoms with van der Waals surface area (Å²) in [5, 5.41) is 3.77. The lowest BCUT2D eigenvalue weighted by molar-refractivity contribution is 0.131. The highest BCUT2D eigenvalue weighted by Crippen LogP contribution is 2.11. The molecule has 0 amide bonds. The molecule has 0 aromatic heterocycles. The van der Waals surface area contributed by atoms with Gasteiger partial charge in [0.25, 0.3) is 0 Å². The van der Waals surface area contributed by atoms with Crippen LogP contribution in [0, 0.1) is 0 Å². The predicted molar refractivity (Wildman–Crippen MR) is 56.6 cm³/mol. The summed E-state index contributed by atoms with van der Waals surface area (Å²) in [6.07, 6.45) is 2.63. The lowest BCUT2D eigenvalue weighted by atomic mass is 10.2. The summed E-state index contributed by atoms with van der Waals surface area (Å²) >= 11 is 0. The topological polar surface area (TPSA) is 30.8 Å². The van der Waals surface area contributed by atoms with Gasteiger partial charge in [-0.3, -0.25) is 0 Å². The van der Waals surface area contributed by atoms with Crippen molar-refractivity contribution in [2.75, 3.05) is 7.11 Å². The molecule has 3 heteroatoms. The summed E-state index contributed by atoms with van der Waals surface area (Å²) in [5.41, 5.74) is 1.08. The number of oxime groups is 1. The van der Waals surface area contributed by atoms with Crippen LogP contribution in [0.25, 0.3) is 0 Å². The van der Waals surface area contributed by atoms with Crippen LogP contribution in [0.4, 0.5) is 0 Å². The Bertz CT molecular complexity index is 280. The molecule has 0 radical (unpaired) electrons. The quantitative estimate of drug-likeness (QED) is 0.531. The molecule has 1 aromatic carbocycles. The molecule has 0 aliphatic carbocycles. The summed E-state index contributed by atoms with van der Waals surface area (Å²) in [5.74, 6) is 0.853. The SMILES string of the molecule is CCC=NOCc1ccc(OC)cc1. The van der Waals surface area contributed by atoms with Gasteiger partial charge in [0.05, 0.1) is 7.11 Å². The van der Waals surface area contributed by atoms with Crippen molar-refractivity contribution in [3.63, 3.8) is 0 Å². The molecule has 0 N–H and O–H groups in total. The second-order valence-corrected chi connectivity index (χ2v) is 2.82. The summed E-state index contributed by atoms with van der Waals surface area (Å²) < 4.78 is 5.04. The monoisotopic (exact) mass is 193 g/mol. The van der Waals surface area contributed by atoms with E-state index >= 15 is 0 Å². The Labute approximate surface area is 84.3 Å². The second-order valence-electron chi connectivity index (χ2n) is 2.82. The van der Waals surface area contributed by atoms with Crippen LogP contribution in [0.3, 0.4) is 0 Å². The van der Waals surface area contributed by atoms with Gasteiger partial charge in [0, 0.05) is 6.21 Å². The van der Waals surface area contributed by atoms with E-state index in [4.69, 9.17) is 9.57 Å². The van der Waals surface area contributed by atoms with Gasteiger partial charge in [-0.1, -0.05) is 24.2 Å². The zero-order valence-corrected chi connectivity index (χ0v) is 8.56. The van der Waals surface area contributed by atoms with Gasteiger partial charge in [0.2, 0.25) is 0 Å². The number of hydrogen-bond donors (Lipinski definition) is 0. The van der Waals surface area contributed by atoms with Gasteiger partial charge in [-0.2, -0.15) is 0 Å². The molecule has 0 unspecified atom stereocenters. The number of benzene rings is 1. The third kappa shape index (κ3) is 3.47. The largest absolute Gasteiger partial charge is 0.497 e. The maximum absolute atomic E-state index is 5.06. The van der Waals surface area contributed by atoms with Crippen LogP contribution >= 0.6 is 0 Å². The Morgan fingerprint density at radius 3 is 2.57 bits per heavy atom. The molecule has 0 aliphatic heterocycles. The first kappa shape index (κ1) is 10.6. The fraction of sp³-hybridized carbons (Fsp3) is 0.364. The Hall–Kier alpha value is -1.51. The van der Waals surface area contributed by atoms with Crippen LogP contribution in [0.5, 0.6) is 5.75 Å². The number of nitrogens with zero attached hydrogens (tertiary/aromatic N) is 1. The van der Waals surface area contributed by atoms with Crippen molar-refractivity contribution < 1.29 is 9.57 Å². The summed E-state index contributed by atoms with van der Waals surface area (Å²) in [6.45, 7) is 2.51. The molecular weight excluding hydrogens is 178 g/mol. The van der Waals surface area contributed by atoms with Gasteiger partial charge in [-0.15, -0.1) is 0 Å². The van der Waals surface area contributed by atoms with Crippen LogP contribution in [0.2, 0.25) is 0 Å². The highest BCUT2D eigenvalue weighted by Gasteiger charge is 1.93. The van der Waals surface area contributed by atoms with Crippen LogP contribution in [-0.4, -0.2) is 13.3 Å². The maximum Gasteiger partial charge on any atom is 0.142 e. The van der Waals surface area contributed by atoms with Gasteiger partial charge in [-0.05, 0) is 24.1 Å². The van der Waals surface area contributed by atoms with Gasteiger partial charge in [-0.25, -0.2) is 0 Å². The molecule has 3 nitrogen and oxygen atoms in total. The number of hydrogen-bond acceptors (Lipinski definition) is 3. The highest BCUT2D eigenvalue weighted by molar-refractivity contribution is 5.55. The van der Waals surface area contributed by atoms with E-state index in [1.54, 1.807) is 13.3 Å². The zero-order valence-electron chi connectivity index (χ0n) is 8.56. The van der Waals surface area contributed by atoms with Gasteiger partial charge >= 0.3 is 0 Å². The minimum absolute atomic E-state index is 0.500. The molecule has 0 bridgehead atoms. The number of ether oxygens (including phenoxy) is 1. The van der Waals surface area contributed by atoms with Crippen molar-refractivity contribution >= 4 is 6.21 Å². The van der Waals surface area contributed by atoms with Crippen LogP contribution < -0.4 is 4.74 Å². The fourth-order valence-corrected chi connectivity index (χ4v) is 0.961. The lowest BCUT2D eigenvalue weighted by Gasteiger charge is -2.01. The third-order valence-corrected chi connectivity index (χ3v) is 1.72. The summed E-state index contributed by atoms with van der Waals surface area (Å²) in [4.78, 5) is 5.06. The molecule has 1 rings (SSSR count). The average molecular weight is 193 g/mol. The summed E-state index contributed by atoms with van der Waals surface area (Å²) in [7, 11) is 1.65. The molecule has 14 heavy (non-hydrogen) atoms. The molecule has 0 saturated heterocycles. The zero-order chi connectivity index (χ0) is 10.2. The fourth-order valence-electron chi connectivity index (χ4n) is 0.961. The molecule has 0 heterocycles. The Kier molecular flexibility index (Phi) is 4.55. The van der Waals surface area contributed by atoms with Gasteiger partial charge in [0.15, 0.2) is 0 Å². The predicted octanol–water partition coefficient (Wildman–Crippen LogP) is 2.61. The van der Waals surface area contributed by atoms with E-state index < -0.39 is 0 Å². The maximum atomic E-state index is 5.06. The van der Waals surface area contributed by atoms with E-state index in [9.17, 15) is 0 Å². The Morgan fingerprint density at radius 1 is 1.29 bits per heavy atom. The van der Waals surface area contributed by atoms with E-state index in [0.717, 1.165) is 17.7 Å². The average Bonchev–Trinajstić information content (AvgIpc) is 2.25. The lowest BCUT2D eigenvalue weighted by Crippen LogP contribution is -1.88. The minimum Gasteiger partial charge on any atom is -0.497 e. The van der Waals surface area contributed by atoms with Crippen molar-refractivity contribution in [3.05, 3.63) is 29.8 Å². The van der Waals surface area contributed by atoms with Crippen LogP contribution in [0.15, 0.2) is 29.4 Å². The minimum atomic E-state index is 0.500. The van der Waals surface area contributed by atoms with Crippen LogP contribution in [0.1, 0.15) is 18.9 Å². The third-order valence-electron chi connectivity index (χ3n) is 1.72. The molecule has 1 aromatic rings. The molecular formula is C11H15NO2. The smallest absolute Gasteiger partial charge is 0.142 e. The summed E-state index contributed by atoms with van der Waals surface area (Å²) in [6, 6.07) is 7.73. The first-order valence-electron chi connectivity index (χ1n) is 4.63. The molecule has 0 fully saturated rings. The van der Waals surface area contributed by atoms with Gasteiger partial charge < -0.3 is 9.57 Å².